The molecule has 0 saturated carbocycles. The van der Waals surface area contributed by atoms with Crippen molar-refractivity contribution in [1.29, 1.82) is 0 Å². The molecule has 1 aliphatic rings. The Labute approximate surface area is 119 Å². The fourth-order valence-corrected chi connectivity index (χ4v) is 2.79. The van der Waals surface area contributed by atoms with Crippen molar-refractivity contribution in [3.8, 4) is 0 Å². The molecule has 0 unspecified atom stereocenters. The molecule has 1 aliphatic heterocycles. The molecular formula is C16H20N4. The van der Waals surface area contributed by atoms with Gasteiger partial charge in [0.25, 0.3) is 0 Å². The molecule has 1 fully saturated rings. The van der Waals surface area contributed by atoms with Crippen LogP contribution in [0.5, 0.6) is 0 Å². The molecular weight excluding hydrogens is 248 g/mol. The number of hydrogen-bond acceptors (Lipinski definition) is 3. The van der Waals surface area contributed by atoms with Crippen LogP contribution < -0.4 is 0 Å². The van der Waals surface area contributed by atoms with Gasteiger partial charge in [-0.05, 0) is 38.0 Å². The highest BCUT2D eigenvalue weighted by Crippen LogP contribution is 2.28. The fraction of sp³-hybridized carbons (Fsp3) is 0.375. The van der Waals surface area contributed by atoms with Gasteiger partial charge in [-0.15, -0.1) is 0 Å². The van der Waals surface area contributed by atoms with Crippen LogP contribution in [0, 0.1) is 0 Å². The van der Waals surface area contributed by atoms with E-state index < -0.39 is 0 Å². The zero-order chi connectivity index (χ0) is 14.1. The van der Waals surface area contributed by atoms with E-state index >= 15 is 0 Å². The lowest BCUT2D eigenvalue weighted by Gasteiger charge is -2.33. The predicted molar refractivity (Wildman–Crippen MR) is 81.4 cm³/mol. The highest BCUT2D eigenvalue weighted by atomic mass is 15.3. The van der Waals surface area contributed by atoms with E-state index in [9.17, 15) is 0 Å². The Morgan fingerprint density at radius 3 is 2.75 bits per heavy atom. The number of aromatic nitrogens is 3. The molecule has 1 saturated heterocycles. The van der Waals surface area contributed by atoms with Crippen LogP contribution in [-0.2, 0) is 0 Å². The number of nitrogens with zero attached hydrogens (tertiary/aromatic N) is 4. The third-order valence-corrected chi connectivity index (χ3v) is 4.02. The standard InChI is InChI=1S/C16H20N4/c1-4-14-11-20-16(17-14)6-5-15(18-20)13-7-9-19(10-8-13)12(2)3/h4-6,11,13H,1-2,7-10H2,3H3. The zero-order valence-electron chi connectivity index (χ0n) is 11.9. The predicted octanol–water partition coefficient (Wildman–Crippen LogP) is 3.09. The molecule has 0 atom stereocenters. The maximum atomic E-state index is 4.70. The van der Waals surface area contributed by atoms with Crippen molar-refractivity contribution in [1.82, 2.24) is 19.5 Å². The van der Waals surface area contributed by atoms with Crippen molar-refractivity contribution in [2.24, 2.45) is 0 Å². The Morgan fingerprint density at radius 1 is 1.35 bits per heavy atom. The number of hydrogen-bond donors (Lipinski definition) is 0. The van der Waals surface area contributed by atoms with E-state index in [4.69, 9.17) is 5.10 Å². The molecule has 2 aromatic heterocycles. The minimum Gasteiger partial charge on any atom is -0.375 e. The number of likely N-dealkylation sites (tertiary alicyclic amines) is 1. The van der Waals surface area contributed by atoms with Crippen LogP contribution in [-0.4, -0.2) is 32.6 Å². The van der Waals surface area contributed by atoms with Crippen LogP contribution >= 0.6 is 0 Å². The molecule has 0 radical (unpaired) electrons. The van der Waals surface area contributed by atoms with Crippen LogP contribution in [0.15, 0.2) is 37.2 Å². The number of imidazole rings is 1. The van der Waals surface area contributed by atoms with E-state index in [2.05, 4.69) is 36.0 Å². The average Bonchev–Trinajstić information content (AvgIpc) is 2.89. The summed E-state index contributed by atoms with van der Waals surface area (Å²) in [5.41, 5.74) is 4.07. The average molecular weight is 268 g/mol. The fourth-order valence-electron chi connectivity index (χ4n) is 2.79. The second-order valence-electron chi connectivity index (χ2n) is 5.43. The monoisotopic (exact) mass is 268 g/mol. The van der Waals surface area contributed by atoms with E-state index in [1.807, 2.05) is 16.8 Å². The molecule has 4 heteroatoms. The summed E-state index contributed by atoms with van der Waals surface area (Å²) in [5, 5.41) is 4.70. The van der Waals surface area contributed by atoms with Crippen molar-refractivity contribution in [3.63, 3.8) is 0 Å². The first-order valence-corrected chi connectivity index (χ1v) is 7.06. The summed E-state index contributed by atoms with van der Waals surface area (Å²) in [4.78, 5) is 6.76. The van der Waals surface area contributed by atoms with E-state index in [1.165, 1.54) is 0 Å². The summed E-state index contributed by atoms with van der Waals surface area (Å²) in [5.74, 6) is 0.532. The third kappa shape index (κ3) is 2.33. The van der Waals surface area contributed by atoms with E-state index in [0.29, 0.717) is 5.92 Å². The number of piperidine rings is 1. The summed E-state index contributed by atoms with van der Waals surface area (Å²) in [6.07, 6.45) is 5.94. The smallest absolute Gasteiger partial charge is 0.154 e. The molecule has 0 spiro atoms. The van der Waals surface area contributed by atoms with Crippen molar-refractivity contribution >= 4 is 11.7 Å². The third-order valence-electron chi connectivity index (χ3n) is 4.02. The Morgan fingerprint density at radius 2 is 2.10 bits per heavy atom. The van der Waals surface area contributed by atoms with Gasteiger partial charge in [0.1, 0.15) is 0 Å². The normalized spacial score (nSPS) is 16.6. The van der Waals surface area contributed by atoms with Gasteiger partial charge in [0.2, 0.25) is 0 Å². The van der Waals surface area contributed by atoms with Gasteiger partial charge in [0.15, 0.2) is 5.65 Å². The van der Waals surface area contributed by atoms with Gasteiger partial charge < -0.3 is 4.90 Å². The Kier molecular flexibility index (Phi) is 3.30. The van der Waals surface area contributed by atoms with Gasteiger partial charge in [-0.1, -0.05) is 13.2 Å². The van der Waals surface area contributed by atoms with Gasteiger partial charge >= 0.3 is 0 Å². The molecule has 0 bridgehead atoms. The van der Waals surface area contributed by atoms with Gasteiger partial charge in [0, 0.05) is 24.7 Å². The molecule has 0 N–H and O–H groups in total. The summed E-state index contributed by atoms with van der Waals surface area (Å²) in [6.45, 7) is 12.0. The molecule has 0 aromatic carbocycles. The summed E-state index contributed by atoms with van der Waals surface area (Å²) in [6, 6.07) is 4.15. The Balaban J connectivity index is 1.80. The lowest BCUT2D eigenvalue weighted by molar-refractivity contribution is 0.262. The molecule has 3 rings (SSSR count). The topological polar surface area (TPSA) is 33.4 Å². The largest absolute Gasteiger partial charge is 0.375 e. The molecule has 0 aliphatic carbocycles. The van der Waals surface area contributed by atoms with Crippen LogP contribution in [0.25, 0.3) is 11.7 Å². The maximum absolute atomic E-state index is 4.70. The molecule has 0 amide bonds. The lowest BCUT2D eigenvalue weighted by Crippen LogP contribution is -2.31. The van der Waals surface area contributed by atoms with Crippen LogP contribution in [0.4, 0.5) is 0 Å². The zero-order valence-corrected chi connectivity index (χ0v) is 11.9. The Bertz CT molecular complexity index is 648. The van der Waals surface area contributed by atoms with Crippen LogP contribution in [0.2, 0.25) is 0 Å². The van der Waals surface area contributed by atoms with E-state index in [0.717, 1.165) is 48.7 Å². The minimum absolute atomic E-state index is 0.532. The SMILES string of the molecule is C=Cc1cn2nc(C3CCN(C(=C)C)CC3)ccc2n1. The lowest BCUT2D eigenvalue weighted by atomic mass is 9.93. The van der Waals surface area contributed by atoms with Gasteiger partial charge in [-0.25, -0.2) is 9.50 Å². The summed E-state index contributed by atoms with van der Waals surface area (Å²) < 4.78 is 1.86. The maximum Gasteiger partial charge on any atom is 0.154 e. The van der Waals surface area contributed by atoms with Crippen molar-refractivity contribution in [2.45, 2.75) is 25.7 Å². The summed E-state index contributed by atoms with van der Waals surface area (Å²) >= 11 is 0. The molecule has 104 valence electrons. The van der Waals surface area contributed by atoms with Crippen molar-refractivity contribution in [2.75, 3.05) is 13.1 Å². The summed E-state index contributed by atoms with van der Waals surface area (Å²) in [7, 11) is 0. The minimum atomic E-state index is 0.532. The number of allylic oxidation sites excluding steroid dienone is 1. The van der Waals surface area contributed by atoms with E-state index in [1.54, 1.807) is 6.08 Å². The van der Waals surface area contributed by atoms with Crippen molar-refractivity contribution in [3.05, 3.63) is 48.6 Å². The highest BCUT2D eigenvalue weighted by molar-refractivity contribution is 5.49. The van der Waals surface area contributed by atoms with E-state index in [-0.39, 0.29) is 0 Å². The number of fused-ring (bicyclic) bond motifs is 1. The van der Waals surface area contributed by atoms with Gasteiger partial charge in [0.05, 0.1) is 17.6 Å². The second kappa shape index (κ2) is 5.12. The second-order valence-corrected chi connectivity index (χ2v) is 5.43. The van der Waals surface area contributed by atoms with Crippen LogP contribution in [0.1, 0.15) is 37.1 Å². The molecule has 20 heavy (non-hydrogen) atoms. The molecule has 2 aromatic rings. The first-order chi connectivity index (χ1) is 9.67. The quantitative estimate of drug-likeness (QED) is 0.857. The molecule has 3 heterocycles. The first kappa shape index (κ1) is 12.9. The van der Waals surface area contributed by atoms with Crippen LogP contribution in [0.3, 0.4) is 0 Å². The first-order valence-electron chi connectivity index (χ1n) is 7.06. The van der Waals surface area contributed by atoms with Gasteiger partial charge in [-0.3, -0.25) is 0 Å². The van der Waals surface area contributed by atoms with Gasteiger partial charge in [-0.2, -0.15) is 5.10 Å². The molecule has 4 nitrogen and oxygen atoms in total. The number of rotatable bonds is 3. The highest BCUT2D eigenvalue weighted by Gasteiger charge is 2.21. The van der Waals surface area contributed by atoms with Crippen molar-refractivity contribution < 1.29 is 0 Å². The Hall–Kier alpha value is -2.10.